The molecule has 1 spiro atoms. The first-order valence-electron chi connectivity index (χ1n) is 7.52. The zero-order valence-corrected chi connectivity index (χ0v) is 11.0. The number of ether oxygens (including phenoxy) is 1. The van der Waals surface area contributed by atoms with Gasteiger partial charge in [0.05, 0.1) is 12.4 Å². The Kier molecular flexibility index (Phi) is 1.85. The number of rotatable bonds is 0. The summed E-state index contributed by atoms with van der Waals surface area (Å²) >= 11 is 0. The summed E-state index contributed by atoms with van der Waals surface area (Å²) in [5.41, 5.74) is 1.05. The fourth-order valence-corrected chi connectivity index (χ4v) is 5.33. The van der Waals surface area contributed by atoms with Crippen molar-refractivity contribution in [2.75, 3.05) is 0 Å². The Bertz CT molecular complexity index is 538. The van der Waals surface area contributed by atoms with Crippen LogP contribution in [0.5, 0.6) is 5.75 Å². The van der Waals surface area contributed by atoms with Crippen molar-refractivity contribution in [1.29, 1.82) is 0 Å². The van der Waals surface area contributed by atoms with E-state index in [-0.39, 0.29) is 5.60 Å². The molecular formula is C16H18N2O. The molecule has 0 amide bonds. The molecule has 0 aromatic carbocycles. The smallest absolute Gasteiger partial charge is 0.149 e. The van der Waals surface area contributed by atoms with E-state index in [0.29, 0.717) is 0 Å². The van der Waals surface area contributed by atoms with Gasteiger partial charge in [0, 0.05) is 17.4 Å². The zero-order chi connectivity index (χ0) is 12.4. The van der Waals surface area contributed by atoms with Crippen molar-refractivity contribution in [2.24, 2.45) is 23.7 Å². The molecule has 0 radical (unpaired) electrons. The molecule has 1 aliphatic heterocycles. The van der Waals surface area contributed by atoms with Crippen molar-refractivity contribution in [3.05, 3.63) is 24.0 Å². The van der Waals surface area contributed by atoms with Gasteiger partial charge in [-0.15, -0.1) is 0 Å². The van der Waals surface area contributed by atoms with Gasteiger partial charge in [0.15, 0.2) is 0 Å². The highest BCUT2D eigenvalue weighted by atomic mass is 16.5. The molecule has 0 unspecified atom stereocenters. The molecule has 5 aliphatic rings. The molecular weight excluding hydrogens is 236 g/mol. The van der Waals surface area contributed by atoms with Gasteiger partial charge in [0.25, 0.3) is 0 Å². The average Bonchev–Trinajstić information content (AvgIpc) is 2.44. The monoisotopic (exact) mass is 254 g/mol. The van der Waals surface area contributed by atoms with Crippen LogP contribution in [-0.2, 0) is 0 Å². The summed E-state index contributed by atoms with van der Waals surface area (Å²) in [6, 6.07) is 0. The average molecular weight is 254 g/mol. The summed E-state index contributed by atoms with van der Waals surface area (Å²) in [5.74, 6) is 4.33. The van der Waals surface area contributed by atoms with E-state index in [1.165, 1.54) is 32.1 Å². The predicted octanol–water partition coefficient (Wildman–Crippen LogP) is 3.08. The van der Waals surface area contributed by atoms with Gasteiger partial charge in [-0.1, -0.05) is 0 Å². The van der Waals surface area contributed by atoms with E-state index in [0.717, 1.165) is 35.0 Å². The van der Waals surface area contributed by atoms with E-state index < -0.39 is 0 Å². The third-order valence-electron chi connectivity index (χ3n) is 5.95. The molecule has 4 aliphatic carbocycles. The standard InChI is InChI=1S/C16H18N2O/c1-2-16(19-15-9-18-17-8-12(1)15)13-4-10-3-11(6-13)7-14(16)5-10/h1-2,8-11,13-14H,3-7H2. The molecule has 0 N–H and O–H groups in total. The lowest BCUT2D eigenvalue weighted by Crippen LogP contribution is -2.60. The van der Waals surface area contributed by atoms with Crippen molar-refractivity contribution in [3.63, 3.8) is 0 Å². The molecule has 0 saturated heterocycles. The van der Waals surface area contributed by atoms with Gasteiger partial charge < -0.3 is 4.74 Å². The molecule has 4 fully saturated rings. The van der Waals surface area contributed by atoms with Gasteiger partial charge in [-0.25, -0.2) is 0 Å². The maximum absolute atomic E-state index is 6.51. The molecule has 1 aromatic heterocycles. The minimum absolute atomic E-state index is 0.0244. The Labute approximate surface area is 113 Å². The van der Waals surface area contributed by atoms with Crippen LogP contribution in [-0.4, -0.2) is 15.8 Å². The molecule has 4 saturated carbocycles. The number of aromatic nitrogens is 2. The van der Waals surface area contributed by atoms with Crippen LogP contribution in [0.4, 0.5) is 0 Å². The van der Waals surface area contributed by atoms with E-state index in [4.69, 9.17) is 4.74 Å². The van der Waals surface area contributed by atoms with Gasteiger partial charge in [-0.2, -0.15) is 10.2 Å². The number of fused-ring (bicyclic) bond motifs is 1. The summed E-state index contributed by atoms with van der Waals surface area (Å²) in [6.45, 7) is 0. The van der Waals surface area contributed by atoms with Gasteiger partial charge in [0.1, 0.15) is 11.4 Å². The lowest BCUT2D eigenvalue weighted by atomic mass is 9.49. The van der Waals surface area contributed by atoms with E-state index >= 15 is 0 Å². The van der Waals surface area contributed by atoms with E-state index in [1.54, 1.807) is 12.4 Å². The van der Waals surface area contributed by atoms with Gasteiger partial charge in [-0.3, -0.25) is 0 Å². The van der Waals surface area contributed by atoms with Crippen molar-refractivity contribution < 1.29 is 4.74 Å². The minimum Gasteiger partial charge on any atom is -0.480 e. The summed E-state index contributed by atoms with van der Waals surface area (Å²) in [7, 11) is 0. The molecule has 2 heterocycles. The maximum atomic E-state index is 6.51. The summed E-state index contributed by atoms with van der Waals surface area (Å²) in [6.07, 6.45) is 15.1. The molecule has 0 atom stereocenters. The van der Waals surface area contributed by atoms with Crippen LogP contribution >= 0.6 is 0 Å². The van der Waals surface area contributed by atoms with Crippen LogP contribution in [0.1, 0.15) is 37.7 Å². The summed E-state index contributed by atoms with van der Waals surface area (Å²) in [5, 5.41) is 7.93. The fraction of sp³-hybridized carbons (Fsp3) is 0.625. The third kappa shape index (κ3) is 1.28. The zero-order valence-electron chi connectivity index (χ0n) is 11.0. The van der Waals surface area contributed by atoms with Gasteiger partial charge in [0.2, 0.25) is 0 Å². The lowest BCUT2D eigenvalue weighted by molar-refractivity contribution is -0.128. The normalized spacial score (nSPS) is 45.3. The lowest BCUT2D eigenvalue weighted by Gasteiger charge is -2.60. The highest BCUT2D eigenvalue weighted by molar-refractivity contribution is 5.59. The van der Waals surface area contributed by atoms with E-state index in [2.05, 4.69) is 22.3 Å². The van der Waals surface area contributed by atoms with E-state index in [9.17, 15) is 0 Å². The number of hydrogen-bond acceptors (Lipinski definition) is 3. The highest BCUT2D eigenvalue weighted by Gasteiger charge is 2.58. The van der Waals surface area contributed by atoms with Crippen molar-refractivity contribution in [2.45, 2.75) is 37.7 Å². The largest absolute Gasteiger partial charge is 0.480 e. The molecule has 98 valence electrons. The van der Waals surface area contributed by atoms with E-state index in [1.807, 2.05) is 0 Å². The highest BCUT2D eigenvalue weighted by Crippen LogP contribution is 2.60. The summed E-state index contributed by atoms with van der Waals surface area (Å²) in [4.78, 5) is 0. The quantitative estimate of drug-likeness (QED) is 0.713. The van der Waals surface area contributed by atoms with Crippen molar-refractivity contribution >= 4 is 6.08 Å². The van der Waals surface area contributed by atoms with Crippen LogP contribution < -0.4 is 4.74 Å². The predicted molar refractivity (Wildman–Crippen MR) is 71.5 cm³/mol. The summed E-state index contributed by atoms with van der Waals surface area (Å²) < 4.78 is 6.51. The second-order valence-corrected chi connectivity index (χ2v) is 6.90. The molecule has 3 nitrogen and oxygen atoms in total. The molecule has 4 bridgehead atoms. The Hall–Kier alpha value is -1.38. The Morgan fingerprint density at radius 3 is 2.37 bits per heavy atom. The third-order valence-corrected chi connectivity index (χ3v) is 5.95. The Balaban J connectivity index is 1.60. The fourth-order valence-electron chi connectivity index (χ4n) is 5.33. The van der Waals surface area contributed by atoms with Crippen LogP contribution in [0.25, 0.3) is 6.08 Å². The van der Waals surface area contributed by atoms with Crippen LogP contribution in [0.3, 0.4) is 0 Å². The topological polar surface area (TPSA) is 35.0 Å². The Morgan fingerprint density at radius 2 is 1.63 bits per heavy atom. The first kappa shape index (κ1) is 10.4. The molecule has 19 heavy (non-hydrogen) atoms. The molecule has 3 heteroatoms. The van der Waals surface area contributed by atoms with Crippen LogP contribution in [0.15, 0.2) is 18.5 Å². The minimum atomic E-state index is -0.0244. The van der Waals surface area contributed by atoms with Crippen LogP contribution in [0, 0.1) is 23.7 Å². The Morgan fingerprint density at radius 1 is 0.947 bits per heavy atom. The van der Waals surface area contributed by atoms with Gasteiger partial charge in [-0.05, 0) is 56.1 Å². The van der Waals surface area contributed by atoms with Crippen molar-refractivity contribution in [3.8, 4) is 5.75 Å². The van der Waals surface area contributed by atoms with Gasteiger partial charge >= 0.3 is 0 Å². The SMILES string of the molecule is C1=CC2(Oc3cnncc31)C1CC3CC(C1)CC2C3. The number of hydrogen-bond donors (Lipinski definition) is 0. The van der Waals surface area contributed by atoms with Crippen LogP contribution in [0.2, 0.25) is 0 Å². The van der Waals surface area contributed by atoms with Crippen molar-refractivity contribution in [1.82, 2.24) is 10.2 Å². The molecule has 6 rings (SSSR count). The maximum Gasteiger partial charge on any atom is 0.149 e. The first-order valence-corrected chi connectivity index (χ1v) is 7.52. The number of nitrogens with zero attached hydrogens (tertiary/aromatic N) is 2. The second kappa shape index (κ2) is 3.38. The second-order valence-electron chi connectivity index (χ2n) is 6.90. The first-order chi connectivity index (χ1) is 9.33. The molecule has 1 aromatic rings.